The summed E-state index contributed by atoms with van der Waals surface area (Å²) < 4.78 is 19.8. The highest BCUT2D eigenvalue weighted by atomic mass is 19.1. The van der Waals surface area contributed by atoms with Crippen LogP contribution < -0.4 is 21.3 Å². The third-order valence-corrected chi connectivity index (χ3v) is 4.52. The number of hydrazine groups is 1. The summed E-state index contributed by atoms with van der Waals surface area (Å²) in [5.41, 5.74) is 2.68. The molecule has 148 valence electrons. The number of amides is 1. The minimum Gasteiger partial charge on any atom is -0.495 e. The third-order valence-electron chi connectivity index (χ3n) is 4.52. The number of piperidine rings is 1. The molecule has 0 aromatic carbocycles. The van der Waals surface area contributed by atoms with E-state index in [2.05, 4.69) is 27.2 Å². The van der Waals surface area contributed by atoms with Gasteiger partial charge in [0.05, 0.1) is 13.3 Å². The van der Waals surface area contributed by atoms with E-state index in [1.807, 2.05) is 0 Å². The van der Waals surface area contributed by atoms with Gasteiger partial charge in [0.1, 0.15) is 5.75 Å². The molecule has 0 aliphatic carbocycles. The van der Waals surface area contributed by atoms with Gasteiger partial charge in [-0.2, -0.15) is 0 Å². The lowest BCUT2D eigenvalue weighted by molar-refractivity contribution is -0.120. The van der Waals surface area contributed by atoms with Gasteiger partial charge in [-0.1, -0.05) is 13.0 Å². The average Bonchev–Trinajstić information content (AvgIpc) is 2.71. The van der Waals surface area contributed by atoms with Gasteiger partial charge < -0.3 is 20.4 Å². The number of nitrogens with one attached hydrogen (secondary N) is 2. The Bertz CT molecular complexity index is 686. The van der Waals surface area contributed by atoms with Crippen molar-refractivity contribution in [2.45, 2.75) is 32.1 Å². The molecule has 0 unspecified atom stereocenters. The Morgan fingerprint density at radius 3 is 2.78 bits per heavy atom. The standard InChI is InChI=1S/C19H28FN5O2/c1-14(15-11-16(27-2)13-22-12-15)18(20)19(24-21)23-17(26)7-6-10-25-8-4-3-5-9-25/h11-13,24H,1,3-10,21H2,2H3,(H,23,26)/b19-18+. The number of rotatable bonds is 9. The fourth-order valence-corrected chi connectivity index (χ4v) is 2.98. The topological polar surface area (TPSA) is 92.5 Å². The molecule has 0 spiro atoms. The maximum Gasteiger partial charge on any atom is 0.225 e. The van der Waals surface area contributed by atoms with Gasteiger partial charge in [0.25, 0.3) is 0 Å². The minimum absolute atomic E-state index is 0.0444. The lowest BCUT2D eigenvalue weighted by Gasteiger charge is -2.26. The van der Waals surface area contributed by atoms with Crippen LogP contribution in [0.15, 0.2) is 36.7 Å². The van der Waals surface area contributed by atoms with E-state index < -0.39 is 5.83 Å². The van der Waals surface area contributed by atoms with Gasteiger partial charge in [-0.3, -0.25) is 9.78 Å². The van der Waals surface area contributed by atoms with Crippen LogP contribution in [-0.4, -0.2) is 42.5 Å². The Balaban J connectivity index is 1.92. The molecule has 1 aromatic heterocycles. The SMILES string of the molecule is C=C(/C(F)=C(\NN)NC(=O)CCCN1CCCCC1)c1cncc(OC)c1. The van der Waals surface area contributed by atoms with Gasteiger partial charge in [-0.05, 0) is 45.0 Å². The Morgan fingerprint density at radius 1 is 1.37 bits per heavy atom. The molecule has 1 aliphatic heterocycles. The number of allylic oxidation sites excluding steroid dienone is 2. The number of nitrogens with two attached hydrogens (primary N) is 1. The number of hydrogen-bond acceptors (Lipinski definition) is 6. The fourth-order valence-electron chi connectivity index (χ4n) is 2.98. The molecule has 8 heteroatoms. The Morgan fingerprint density at radius 2 is 2.11 bits per heavy atom. The van der Waals surface area contributed by atoms with Crippen LogP contribution in [0, 0.1) is 0 Å². The molecule has 0 bridgehead atoms. The molecule has 0 radical (unpaired) electrons. The second-order valence-electron chi connectivity index (χ2n) is 6.48. The first-order chi connectivity index (χ1) is 13.0. The molecule has 27 heavy (non-hydrogen) atoms. The van der Waals surface area contributed by atoms with Crippen LogP contribution in [0.4, 0.5) is 4.39 Å². The number of hydrogen-bond donors (Lipinski definition) is 3. The average molecular weight is 377 g/mol. The normalized spacial score (nSPS) is 15.7. The van der Waals surface area contributed by atoms with Crippen molar-refractivity contribution in [3.63, 3.8) is 0 Å². The summed E-state index contributed by atoms with van der Waals surface area (Å²) in [5, 5.41) is 2.48. The highest BCUT2D eigenvalue weighted by molar-refractivity contribution is 5.81. The zero-order chi connectivity index (χ0) is 19.6. The number of carbonyl (C=O) groups excluding carboxylic acids is 1. The van der Waals surface area contributed by atoms with Crippen molar-refractivity contribution in [3.8, 4) is 5.75 Å². The Kier molecular flexibility index (Phi) is 8.22. The van der Waals surface area contributed by atoms with Crippen LogP contribution >= 0.6 is 0 Å². The first-order valence-corrected chi connectivity index (χ1v) is 9.12. The monoisotopic (exact) mass is 377 g/mol. The predicted molar refractivity (Wildman–Crippen MR) is 103 cm³/mol. The summed E-state index contributed by atoms with van der Waals surface area (Å²) in [6.07, 6.45) is 7.67. The summed E-state index contributed by atoms with van der Waals surface area (Å²) >= 11 is 0. The highest BCUT2D eigenvalue weighted by Gasteiger charge is 2.16. The first kappa shape index (κ1) is 20.9. The van der Waals surface area contributed by atoms with Crippen LogP contribution in [-0.2, 0) is 4.79 Å². The molecule has 7 nitrogen and oxygen atoms in total. The van der Waals surface area contributed by atoms with E-state index in [-0.39, 0.29) is 17.3 Å². The quantitative estimate of drug-likeness (QED) is 0.347. The summed E-state index contributed by atoms with van der Waals surface area (Å²) in [5.74, 6) is 4.60. The molecule has 1 saturated heterocycles. The Labute approximate surface area is 159 Å². The lowest BCUT2D eigenvalue weighted by Crippen LogP contribution is -2.37. The second kappa shape index (κ2) is 10.6. The third kappa shape index (κ3) is 6.33. The van der Waals surface area contributed by atoms with E-state index in [9.17, 15) is 9.18 Å². The van der Waals surface area contributed by atoms with Crippen molar-refractivity contribution < 1.29 is 13.9 Å². The van der Waals surface area contributed by atoms with Crippen molar-refractivity contribution in [2.75, 3.05) is 26.7 Å². The molecule has 0 saturated carbocycles. The number of methoxy groups -OCH3 is 1. The van der Waals surface area contributed by atoms with Crippen LogP contribution in [0.5, 0.6) is 5.75 Å². The maximum absolute atomic E-state index is 14.7. The van der Waals surface area contributed by atoms with Crippen LogP contribution in [0.2, 0.25) is 0 Å². The zero-order valence-electron chi connectivity index (χ0n) is 15.8. The summed E-state index contributed by atoms with van der Waals surface area (Å²) in [6.45, 7) is 6.75. The summed E-state index contributed by atoms with van der Waals surface area (Å²) in [6, 6.07) is 1.60. The van der Waals surface area contributed by atoms with Crippen LogP contribution in [0.3, 0.4) is 0 Å². The van der Waals surface area contributed by atoms with E-state index in [0.717, 1.165) is 19.6 Å². The van der Waals surface area contributed by atoms with Crippen molar-refractivity contribution in [2.24, 2.45) is 5.84 Å². The molecular weight excluding hydrogens is 349 g/mol. The van der Waals surface area contributed by atoms with Crippen LogP contribution in [0.25, 0.3) is 5.57 Å². The van der Waals surface area contributed by atoms with Gasteiger partial charge >= 0.3 is 0 Å². The largest absolute Gasteiger partial charge is 0.495 e. The molecule has 0 atom stereocenters. The van der Waals surface area contributed by atoms with Gasteiger partial charge in [0.15, 0.2) is 11.6 Å². The number of ether oxygens (including phenoxy) is 1. The number of halogens is 1. The number of nitrogens with zero attached hydrogens (tertiary/aromatic N) is 2. The van der Waals surface area contributed by atoms with Crippen molar-refractivity contribution in [1.29, 1.82) is 0 Å². The molecule has 1 aliphatic rings. The van der Waals surface area contributed by atoms with Crippen LogP contribution in [0.1, 0.15) is 37.7 Å². The van der Waals surface area contributed by atoms with Gasteiger partial charge in [-0.25, -0.2) is 10.2 Å². The van der Waals surface area contributed by atoms with E-state index in [1.54, 1.807) is 6.07 Å². The van der Waals surface area contributed by atoms with Gasteiger partial charge in [0.2, 0.25) is 5.91 Å². The fraction of sp³-hybridized carbons (Fsp3) is 0.474. The maximum atomic E-state index is 14.7. The molecule has 2 rings (SSSR count). The van der Waals surface area contributed by atoms with Crippen molar-refractivity contribution in [3.05, 3.63) is 42.3 Å². The number of likely N-dealkylation sites (tertiary alicyclic amines) is 1. The predicted octanol–water partition coefficient (Wildman–Crippen LogP) is 2.09. The Hall–Kier alpha value is -2.45. The number of aromatic nitrogens is 1. The molecule has 1 aromatic rings. The lowest BCUT2D eigenvalue weighted by atomic mass is 10.1. The van der Waals surface area contributed by atoms with E-state index in [0.29, 0.717) is 24.2 Å². The van der Waals surface area contributed by atoms with E-state index >= 15 is 0 Å². The number of carbonyl (C=O) groups is 1. The molecule has 4 N–H and O–H groups in total. The summed E-state index contributed by atoms with van der Waals surface area (Å²) in [4.78, 5) is 18.5. The van der Waals surface area contributed by atoms with Gasteiger partial charge in [-0.15, -0.1) is 0 Å². The summed E-state index contributed by atoms with van der Waals surface area (Å²) in [7, 11) is 1.49. The zero-order valence-corrected chi connectivity index (χ0v) is 15.8. The van der Waals surface area contributed by atoms with E-state index in [1.165, 1.54) is 38.8 Å². The van der Waals surface area contributed by atoms with Crippen molar-refractivity contribution in [1.82, 2.24) is 20.6 Å². The number of pyridine rings is 1. The highest BCUT2D eigenvalue weighted by Crippen LogP contribution is 2.25. The first-order valence-electron chi connectivity index (χ1n) is 9.12. The molecular formula is C19H28FN5O2. The molecule has 2 heterocycles. The molecule has 1 fully saturated rings. The second-order valence-corrected chi connectivity index (χ2v) is 6.48. The minimum atomic E-state index is -0.753. The smallest absolute Gasteiger partial charge is 0.225 e. The van der Waals surface area contributed by atoms with E-state index in [4.69, 9.17) is 10.6 Å². The van der Waals surface area contributed by atoms with Gasteiger partial charge in [0, 0.05) is 23.8 Å². The van der Waals surface area contributed by atoms with Crippen molar-refractivity contribution >= 4 is 11.5 Å². The molecule has 1 amide bonds.